The predicted octanol–water partition coefficient (Wildman–Crippen LogP) is 3.82. The summed E-state index contributed by atoms with van der Waals surface area (Å²) < 4.78 is 33.1. The number of esters is 1. The Labute approximate surface area is 156 Å². The molecule has 5 nitrogen and oxygen atoms in total. The fourth-order valence-corrected chi connectivity index (χ4v) is 4.09. The Morgan fingerprint density at radius 3 is 2.36 bits per heavy atom. The number of aryl methyl sites for hydroxylation is 1. The van der Waals surface area contributed by atoms with Crippen LogP contribution < -0.4 is 4.31 Å². The molecule has 134 valence electrons. The molecule has 0 amide bonds. The predicted molar refractivity (Wildman–Crippen MR) is 101 cm³/mol. The lowest BCUT2D eigenvalue weighted by Crippen LogP contribution is -2.37. The van der Waals surface area contributed by atoms with E-state index in [2.05, 4.69) is 15.9 Å². The van der Waals surface area contributed by atoms with Crippen molar-refractivity contribution in [2.75, 3.05) is 17.5 Å². The Hall–Kier alpha value is -1.86. The second kappa shape index (κ2) is 8.01. The first-order chi connectivity index (χ1) is 11.8. The van der Waals surface area contributed by atoms with Crippen LogP contribution in [-0.4, -0.2) is 27.5 Å². The van der Waals surface area contributed by atoms with Crippen molar-refractivity contribution < 1.29 is 17.9 Å². The molecule has 0 aliphatic carbocycles. The van der Waals surface area contributed by atoms with Crippen molar-refractivity contribution in [3.05, 3.63) is 58.1 Å². The van der Waals surface area contributed by atoms with Gasteiger partial charge in [0.25, 0.3) is 10.0 Å². The zero-order chi connectivity index (χ0) is 18.6. The number of rotatable bonds is 6. The highest BCUT2D eigenvalue weighted by molar-refractivity contribution is 9.10. The Bertz CT molecular complexity index is 863. The number of carbonyl (C=O) groups excluding carboxylic acids is 1. The van der Waals surface area contributed by atoms with Gasteiger partial charge in [-0.25, -0.2) is 8.42 Å². The molecule has 0 heterocycles. The Balaban J connectivity index is 2.56. The van der Waals surface area contributed by atoms with Gasteiger partial charge in [0.1, 0.15) is 6.54 Å². The van der Waals surface area contributed by atoms with Gasteiger partial charge >= 0.3 is 5.97 Å². The number of ether oxygens (including phenoxy) is 1. The minimum Gasteiger partial charge on any atom is -0.465 e. The van der Waals surface area contributed by atoms with Gasteiger partial charge in [0.15, 0.2) is 0 Å². The molecule has 0 aromatic heterocycles. The molecule has 0 unspecified atom stereocenters. The lowest BCUT2D eigenvalue weighted by Gasteiger charge is -2.25. The number of carbonyl (C=O) groups is 1. The summed E-state index contributed by atoms with van der Waals surface area (Å²) in [5, 5.41) is 0. The molecule has 0 saturated carbocycles. The average Bonchev–Trinajstić information content (AvgIpc) is 2.56. The van der Waals surface area contributed by atoms with E-state index < -0.39 is 16.0 Å². The number of halogens is 1. The first kappa shape index (κ1) is 19.5. The number of benzene rings is 2. The van der Waals surface area contributed by atoms with Gasteiger partial charge in [0.05, 0.1) is 17.2 Å². The smallest absolute Gasteiger partial charge is 0.326 e. The van der Waals surface area contributed by atoms with E-state index in [0.717, 1.165) is 19.9 Å². The van der Waals surface area contributed by atoms with Gasteiger partial charge in [-0.05, 0) is 62.2 Å². The monoisotopic (exact) mass is 425 g/mol. The number of anilines is 1. The van der Waals surface area contributed by atoms with Crippen molar-refractivity contribution in [2.45, 2.75) is 25.7 Å². The second-order valence-electron chi connectivity index (χ2n) is 5.49. The van der Waals surface area contributed by atoms with Crippen LogP contribution in [0.15, 0.2) is 51.8 Å². The van der Waals surface area contributed by atoms with Crippen molar-refractivity contribution in [3.8, 4) is 0 Å². The van der Waals surface area contributed by atoms with Crippen molar-refractivity contribution in [3.63, 3.8) is 0 Å². The molecule has 0 aliphatic heterocycles. The first-order valence-electron chi connectivity index (χ1n) is 7.77. The molecule has 0 atom stereocenters. The lowest BCUT2D eigenvalue weighted by atomic mass is 10.1. The van der Waals surface area contributed by atoms with E-state index in [1.54, 1.807) is 31.2 Å². The van der Waals surface area contributed by atoms with E-state index >= 15 is 0 Å². The molecule has 0 N–H and O–H groups in total. The fraction of sp³-hybridized carbons (Fsp3) is 0.278. The van der Waals surface area contributed by atoms with Gasteiger partial charge in [0.2, 0.25) is 0 Å². The van der Waals surface area contributed by atoms with E-state index in [9.17, 15) is 13.2 Å². The molecule has 0 radical (unpaired) electrons. The molecular weight excluding hydrogens is 406 g/mol. The third kappa shape index (κ3) is 4.41. The molecule has 2 aromatic carbocycles. The van der Waals surface area contributed by atoms with E-state index in [4.69, 9.17) is 4.74 Å². The third-order valence-corrected chi connectivity index (χ3v) is 6.13. The molecule has 0 bridgehead atoms. The van der Waals surface area contributed by atoms with Gasteiger partial charge in [-0.1, -0.05) is 28.1 Å². The average molecular weight is 426 g/mol. The van der Waals surface area contributed by atoms with E-state index in [0.29, 0.717) is 5.69 Å². The topological polar surface area (TPSA) is 63.7 Å². The normalized spacial score (nSPS) is 11.2. The number of hydrogen-bond donors (Lipinski definition) is 0. The Morgan fingerprint density at radius 2 is 1.76 bits per heavy atom. The van der Waals surface area contributed by atoms with E-state index in [1.807, 2.05) is 19.9 Å². The number of sulfonamides is 1. The van der Waals surface area contributed by atoms with Gasteiger partial charge in [-0.2, -0.15) is 0 Å². The summed E-state index contributed by atoms with van der Waals surface area (Å²) in [5.74, 6) is -0.593. The maximum Gasteiger partial charge on any atom is 0.326 e. The fourth-order valence-electron chi connectivity index (χ4n) is 2.36. The molecule has 2 rings (SSSR count). The van der Waals surface area contributed by atoms with Crippen molar-refractivity contribution >= 4 is 37.6 Å². The molecule has 0 fully saturated rings. The quantitative estimate of drug-likeness (QED) is 0.659. The standard InChI is InChI=1S/C18H20BrNO4S/c1-4-24-18(21)12-20(17-7-5-6-13(2)14(17)3)25(22,23)16-10-8-15(19)9-11-16/h5-11H,4,12H2,1-3H3. The molecule has 0 saturated heterocycles. The van der Waals surface area contributed by atoms with Crippen LogP contribution in [0, 0.1) is 13.8 Å². The highest BCUT2D eigenvalue weighted by Crippen LogP contribution is 2.29. The summed E-state index contributed by atoms with van der Waals surface area (Å²) in [5.41, 5.74) is 2.21. The van der Waals surface area contributed by atoms with Gasteiger partial charge in [-0.15, -0.1) is 0 Å². The van der Waals surface area contributed by atoms with E-state index in [-0.39, 0.29) is 18.0 Å². The van der Waals surface area contributed by atoms with Crippen LogP contribution in [0.4, 0.5) is 5.69 Å². The van der Waals surface area contributed by atoms with Crippen molar-refractivity contribution in [2.24, 2.45) is 0 Å². The van der Waals surface area contributed by atoms with Gasteiger partial charge < -0.3 is 4.74 Å². The summed E-state index contributed by atoms with van der Waals surface area (Å²) in [6.07, 6.45) is 0. The van der Waals surface area contributed by atoms with Crippen LogP contribution in [0.5, 0.6) is 0 Å². The highest BCUT2D eigenvalue weighted by atomic mass is 79.9. The molecule has 0 spiro atoms. The van der Waals surface area contributed by atoms with Crippen LogP contribution >= 0.6 is 15.9 Å². The number of hydrogen-bond acceptors (Lipinski definition) is 4. The second-order valence-corrected chi connectivity index (χ2v) is 8.27. The summed E-state index contributed by atoms with van der Waals surface area (Å²) in [6.45, 7) is 5.23. The first-order valence-corrected chi connectivity index (χ1v) is 10.0. The summed E-state index contributed by atoms with van der Waals surface area (Å²) in [7, 11) is -3.91. The summed E-state index contributed by atoms with van der Waals surface area (Å²) in [4.78, 5) is 12.1. The third-order valence-electron chi connectivity index (χ3n) is 3.82. The SMILES string of the molecule is CCOC(=O)CN(c1cccc(C)c1C)S(=O)(=O)c1ccc(Br)cc1. The van der Waals surface area contributed by atoms with Gasteiger partial charge in [0, 0.05) is 4.47 Å². The minimum atomic E-state index is -3.91. The number of nitrogens with zero attached hydrogens (tertiary/aromatic N) is 1. The zero-order valence-corrected chi connectivity index (χ0v) is 16.7. The minimum absolute atomic E-state index is 0.112. The lowest BCUT2D eigenvalue weighted by molar-refractivity contribution is -0.141. The molecular formula is C18H20BrNO4S. The summed E-state index contributed by atoms with van der Waals surface area (Å²) >= 11 is 3.29. The van der Waals surface area contributed by atoms with Crippen molar-refractivity contribution in [1.82, 2.24) is 0 Å². The van der Waals surface area contributed by atoms with Crippen molar-refractivity contribution in [1.29, 1.82) is 0 Å². The molecule has 25 heavy (non-hydrogen) atoms. The summed E-state index contributed by atoms with van der Waals surface area (Å²) in [6, 6.07) is 11.7. The van der Waals surface area contributed by atoms with Crippen LogP contribution in [-0.2, 0) is 19.6 Å². The highest BCUT2D eigenvalue weighted by Gasteiger charge is 2.29. The van der Waals surface area contributed by atoms with E-state index in [1.165, 1.54) is 12.1 Å². The van der Waals surface area contributed by atoms with Crippen LogP contribution in [0.2, 0.25) is 0 Å². The maximum atomic E-state index is 13.2. The Morgan fingerprint density at radius 1 is 1.12 bits per heavy atom. The molecule has 7 heteroatoms. The van der Waals surface area contributed by atoms with Crippen LogP contribution in [0.3, 0.4) is 0 Å². The molecule has 2 aromatic rings. The zero-order valence-electron chi connectivity index (χ0n) is 14.3. The molecule has 0 aliphatic rings. The van der Waals surface area contributed by atoms with Gasteiger partial charge in [-0.3, -0.25) is 9.10 Å². The van der Waals surface area contributed by atoms with Crippen LogP contribution in [0.25, 0.3) is 0 Å². The maximum absolute atomic E-state index is 13.2. The van der Waals surface area contributed by atoms with Crippen LogP contribution in [0.1, 0.15) is 18.1 Å². The Kier molecular flexibility index (Phi) is 6.24. The largest absolute Gasteiger partial charge is 0.465 e.